The molecule has 1 heterocycles. The molecule has 2 rings (SSSR count). The maximum atomic E-state index is 12.3. The van der Waals surface area contributed by atoms with Gasteiger partial charge in [-0.3, -0.25) is 4.79 Å². The summed E-state index contributed by atoms with van der Waals surface area (Å²) in [6.45, 7) is 4.85. The Hall–Kier alpha value is -1.55. The minimum atomic E-state index is 0.0812. The van der Waals surface area contributed by atoms with Crippen molar-refractivity contribution in [3.05, 3.63) is 29.3 Å². The Kier molecular flexibility index (Phi) is 4.43. The maximum Gasteiger partial charge on any atom is 0.253 e. The molecular formula is C15H22N2O2. The molecule has 1 aliphatic heterocycles. The predicted molar refractivity (Wildman–Crippen MR) is 75.7 cm³/mol. The van der Waals surface area contributed by atoms with Crippen molar-refractivity contribution in [3.63, 3.8) is 0 Å². The number of aryl methyl sites for hydroxylation is 1. The van der Waals surface area contributed by atoms with Crippen LogP contribution in [0.15, 0.2) is 18.2 Å². The monoisotopic (exact) mass is 262 g/mol. The first kappa shape index (κ1) is 13.9. The first-order valence-corrected chi connectivity index (χ1v) is 6.72. The molecule has 0 spiro atoms. The van der Waals surface area contributed by atoms with Gasteiger partial charge < -0.3 is 15.0 Å². The van der Waals surface area contributed by atoms with Crippen molar-refractivity contribution in [1.29, 1.82) is 0 Å². The van der Waals surface area contributed by atoms with Crippen molar-refractivity contribution < 1.29 is 9.53 Å². The highest BCUT2D eigenvalue weighted by molar-refractivity contribution is 5.94. The number of carbonyl (C=O) groups excluding carboxylic acids is 1. The van der Waals surface area contributed by atoms with Crippen LogP contribution in [0.5, 0.6) is 5.75 Å². The molecule has 19 heavy (non-hydrogen) atoms. The van der Waals surface area contributed by atoms with Crippen LogP contribution in [-0.2, 0) is 0 Å². The second-order valence-corrected chi connectivity index (χ2v) is 5.23. The standard InChI is InChI=1S/C15H22N2O2/c1-11-8-13(4-5-14(11)19-3)15(18)17(2)10-12-6-7-16-9-12/h4-5,8,12,16H,6-7,9-10H2,1-3H3. The van der Waals surface area contributed by atoms with Crippen molar-refractivity contribution in [2.45, 2.75) is 13.3 Å². The third-order valence-corrected chi connectivity index (χ3v) is 3.68. The Morgan fingerprint density at radius 1 is 1.53 bits per heavy atom. The molecule has 1 unspecified atom stereocenters. The summed E-state index contributed by atoms with van der Waals surface area (Å²) in [7, 11) is 3.52. The lowest BCUT2D eigenvalue weighted by molar-refractivity contribution is 0.0776. The quantitative estimate of drug-likeness (QED) is 0.897. The van der Waals surface area contributed by atoms with Gasteiger partial charge in [-0.2, -0.15) is 0 Å². The maximum absolute atomic E-state index is 12.3. The predicted octanol–water partition coefficient (Wildman–Crippen LogP) is 1.69. The summed E-state index contributed by atoms with van der Waals surface area (Å²) in [6, 6.07) is 5.58. The summed E-state index contributed by atoms with van der Waals surface area (Å²) in [5.41, 5.74) is 1.72. The molecule has 1 aromatic rings. The van der Waals surface area contributed by atoms with E-state index in [4.69, 9.17) is 4.74 Å². The van der Waals surface area contributed by atoms with E-state index in [-0.39, 0.29) is 5.91 Å². The molecule has 1 aliphatic rings. The van der Waals surface area contributed by atoms with E-state index in [2.05, 4.69) is 5.32 Å². The molecule has 4 nitrogen and oxygen atoms in total. The normalized spacial score (nSPS) is 18.4. The number of nitrogens with zero attached hydrogens (tertiary/aromatic N) is 1. The van der Waals surface area contributed by atoms with Gasteiger partial charge in [0.15, 0.2) is 0 Å². The van der Waals surface area contributed by atoms with Crippen molar-refractivity contribution in [2.75, 3.05) is 33.8 Å². The first-order chi connectivity index (χ1) is 9.11. The zero-order valence-electron chi connectivity index (χ0n) is 11.9. The Labute approximate surface area is 114 Å². The van der Waals surface area contributed by atoms with Gasteiger partial charge in [0, 0.05) is 19.2 Å². The Bertz CT molecular complexity index is 453. The van der Waals surface area contributed by atoms with Gasteiger partial charge >= 0.3 is 0 Å². The third kappa shape index (κ3) is 3.26. The first-order valence-electron chi connectivity index (χ1n) is 6.72. The number of hydrogen-bond donors (Lipinski definition) is 1. The molecule has 1 atom stereocenters. The summed E-state index contributed by atoms with van der Waals surface area (Å²) in [5.74, 6) is 1.48. The summed E-state index contributed by atoms with van der Waals surface area (Å²) in [6.07, 6.45) is 1.15. The number of benzene rings is 1. The average Bonchev–Trinajstić information content (AvgIpc) is 2.90. The number of hydrogen-bond acceptors (Lipinski definition) is 3. The molecule has 1 saturated heterocycles. The lowest BCUT2D eigenvalue weighted by atomic mass is 10.1. The highest BCUT2D eigenvalue weighted by Gasteiger charge is 2.20. The molecular weight excluding hydrogens is 240 g/mol. The molecule has 0 saturated carbocycles. The van der Waals surface area contributed by atoms with Crippen LogP contribution in [0.4, 0.5) is 0 Å². The fourth-order valence-electron chi connectivity index (χ4n) is 2.57. The number of carbonyl (C=O) groups is 1. The average molecular weight is 262 g/mol. The van der Waals surface area contributed by atoms with E-state index in [0.717, 1.165) is 42.9 Å². The Balaban J connectivity index is 2.03. The Morgan fingerprint density at radius 2 is 2.32 bits per heavy atom. The van der Waals surface area contributed by atoms with Crippen molar-refractivity contribution in [1.82, 2.24) is 10.2 Å². The van der Waals surface area contributed by atoms with Crippen LogP contribution >= 0.6 is 0 Å². The number of nitrogens with one attached hydrogen (secondary N) is 1. The molecule has 0 bridgehead atoms. The molecule has 0 radical (unpaired) electrons. The van der Waals surface area contributed by atoms with Crippen molar-refractivity contribution in [2.24, 2.45) is 5.92 Å². The van der Waals surface area contributed by atoms with E-state index in [1.54, 1.807) is 7.11 Å². The van der Waals surface area contributed by atoms with E-state index in [1.807, 2.05) is 37.1 Å². The molecule has 104 valence electrons. The molecule has 1 aromatic carbocycles. The minimum absolute atomic E-state index is 0.0812. The van der Waals surface area contributed by atoms with Gasteiger partial charge in [-0.25, -0.2) is 0 Å². The van der Waals surface area contributed by atoms with Crippen LogP contribution in [0.3, 0.4) is 0 Å². The number of ether oxygens (including phenoxy) is 1. The molecule has 0 aromatic heterocycles. The van der Waals surface area contributed by atoms with Crippen molar-refractivity contribution in [3.8, 4) is 5.75 Å². The van der Waals surface area contributed by atoms with Gasteiger partial charge in [-0.05, 0) is 56.1 Å². The highest BCUT2D eigenvalue weighted by atomic mass is 16.5. The van der Waals surface area contributed by atoms with E-state index in [1.165, 1.54) is 0 Å². The minimum Gasteiger partial charge on any atom is -0.496 e. The van der Waals surface area contributed by atoms with E-state index >= 15 is 0 Å². The van der Waals surface area contributed by atoms with Crippen LogP contribution in [0.1, 0.15) is 22.3 Å². The van der Waals surface area contributed by atoms with Crippen LogP contribution in [0, 0.1) is 12.8 Å². The number of amides is 1. The summed E-state index contributed by atoms with van der Waals surface area (Å²) in [5, 5.41) is 3.33. The topological polar surface area (TPSA) is 41.6 Å². The van der Waals surface area contributed by atoms with E-state index < -0.39 is 0 Å². The van der Waals surface area contributed by atoms with Gasteiger partial charge in [0.25, 0.3) is 5.91 Å². The zero-order valence-corrected chi connectivity index (χ0v) is 11.9. The van der Waals surface area contributed by atoms with Crippen LogP contribution in [0.25, 0.3) is 0 Å². The molecule has 1 fully saturated rings. The fourth-order valence-corrected chi connectivity index (χ4v) is 2.57. The molecule has 1 N–H and O–H groups in total. The fraction of sp³-hybridized carbons (Fsp3) is 0.533. The third-order valence-electron chi connectivity index (χ3n) is 3.68. The highest BCUT2D eigenvalue weighted by Crippen LogP contribution is 2.19. The van der Waals surface area contributed by atoms with Gasteiger partial charge in [0.05, 0.1) is 7.11 Å². The lowest BCUT2D eigenvalue weighted by Crippen LogP contribution is -2.32. The van der Waals surface area contributed by atoms with Gasteiger partial charge in [0.1, 0.15) is 5.75 Å². The number of rotatable bonds is 4. The van der Waals surface area contributed by atoms with Gasteiger partial charge in [-0.1, -0.05) is 0 Å². The van der Waals surface area contributed by atoms with E-state index in [0.29, 0.717) is 5.92 Å². The summed E-state index contributed by atoms with van der Waals surface area (Å²) < 4.78 is 5.21. The molecule has 4 heteroatoms. The second kappa shape index (κ2) is 6.06. The van der Waals surface area contributed by atoms with Gasteiger partial charge in [0.2, 0.25) is 0 Å². The summed E-state index contributed by atoms with van der Waals surface area (Å²) in [4.78, 5) is 14.2. The summed E-state index contributed by atoms with van der Waals surface area (Å²) >= 11 is 0. The molecule has 0 aliphatic carbocycles. The largest absolute Gasteiger partial charge is 0.496 e. The van der Waals surface area contributed by atoms with E-state index in [9.17, 15) is 4.79 Å². The SMILES string of the molecule is COc1ccc(C(=O)N(C)CC2CCNC2)cc1C. The van der Waals surface area contributed by atoms with Crippen molar-refractivity contribution >= 4 is 5.91 Å². The van der Waals surface area contributed by atoms with Crippen LogP contribution < -0.4 is 10.1 Å². The van der Waals surface area contributed by atoms with Gasteiger partial charge in [-0.15, -0.1) is 0 Å². The second-order valence-electron chi connectivity index (χ2n) is 5.23. The Morgan fingerprint density at radius 3 is 2.89 bits per heavy atom. The number of methoxy groups -OCH3 is 1. The van der Waals surface area contributed by atoms with Crippen LogP contribution in [-0.4, -0.2) is 44.6 Å². The van der Waals surface area contributed by atoms with Crippen LogP contribution in [0.2, 0.25) is 0 Å². The zero-order chi connectivity index (χ0) is 13.8. The lowest BCUT2D eigenvalue weighted by Gasteiger charge is -2.21. The molecule has 1 amide bonds. The smallest absolute Gasteiger partial charge is 0.253 e.